The lowest BCUT2D eigenvalue weighted by Crippen LogP contribution is -2.14. The third-order valence-electron chi connectivity index (χ3n) is 4.46. The molecule has 0 saturated heterocycles. The second-order valence-corrected chi connectivity index (χ2v) is 6.06. The number of para-hydroxylation sites is 1. The first-order valence-corrected chi connectivity index (χ1v) is 7.92. The Morgan fingerprint density at radius 1 is 0.958 bits per heavy atom. The Balaban J connectivity index is 1.83. The Labute approximate surface area is 137 Å². The van der Waals surface area contributed by atoms with E-state index in [1.807, 2.05) is 24.3 Å². The summed E-state index contributed by atoms with van der Waals surface area (Å²) in [5.41, 5.74) is 4.06. The average molecular weight is 329 g/mol. The van der Waals surface area contributed by atoms with Gasteiger partial charge in [0.2, 0.25) is 5.52 Å². The Hall–Kier alpha value is -2.56. The molecule has 0 fully saturated rings. The van der Waals surface area contributed by atoms with E-state index in [2.05, 4.69) is 10.3 Å². The van der Waals surface area contributed by atoms with E-state index in [1.165, 1.54) is 17.3 Å². The van der Waals surface area contributed by atoms with E-state index in [4.69, 9.17) is 0 Å². The highest BCUT2D eigenvalue weighted by molar-refractivity contribution is 5.93. The van der Waals surface area contributed by atoms with Crippen LogP contribution in [0.5, 0.6) is 0 Å². The van der Waals surface area contributed by atoms with Gasteiger partial charge in [-0.3, -0.25) is 0 Å². The van der Waals surface area contributed by atoms with Crippen LogP contribution in [0.15, 0.2) is 48.5 Å². The number of fused-ring (bicyclic) bond motifs is 2. The van der Waals surface area contributed by atoms with Gasteiger partial charge in [-0.25, -0.2) is 4.98 Å². The van der Waals surface area contributed by atoms with Crippen molar-refractivity contribution in [2.24, 2.45) is 0 Å². The van der Waals surface area contributed by atoms with Crippen LogP contribution >= 0.6 is 0 Å². The van der Waals surface area contributed by atoms with Crippen LogP contribution in [0.1, 0.15) is 23.2 Å². The minimum atomic E-state index is -4.34. The molecule has 0 amide bonds. The highest BCUT2D eigenvalue weighted by Crippen LogP contribution is 2.36. The van der Waals surface area contributed by atoms with Gasteiger partial charge >= 0.3 is 6.18 Å². The third kappa shape index (κ3) is 2.60. The smallest absolute Gasteiger partial charge is 0.354 e. The fourth-order valence-corrected chi connectivity index (χ4v) is 3.35. The van der Waals surface area contributed by atoms with Crippen LogP contribution in [0.4, 0.5) is 24.5 Å². The molecule has 0 bridgehead atoms. The Morgan fingerprint density at radius 2 is 1.79 bits per heavy atom. The molecule has 1 aliphatic carbocycles. The Kier molecular flexibility index (Phi) is 3.44. The van der Waals surface area contributed by atoms with Crippen LogP contribution in [0.3, 0.4) is 0 Å². The topological polar surface area (TPSA) is 26.2 Å². The summed E-state index contributed by atoms with van der Waals surface area (Å²) in [7, 11) is 0. The normalized spacial score (nSPS) is 14.0. The summed E-state index contributed by atoms with van der Waals surface area (Å²) in [6, 6.07) is 13.2. The van der Waals surface area contributed by atoms with E-state index in [1.54, 1.807) is 6.07 Å². The van der Waals surface area contributed by atoms with Gasteiger partial charge in [0.15, 0.2) is 5.69 Å². The lowest BCUT2D eigenvalue weighted by molar-refractivity contribution is -0.356. The van der Waals surface area contributed by atoms with Gasteiger partial charge in [0.1, 0.15) is 0 Å². The fraction of sp³-hybridized carbons (Fsp3) is 0.211. The molecule has 2 N–H and O–H groups in total. The number of pyridine rings is 1. The van der Waals surface area contributed by atoms with E-state index in [9.17, 15) is 13.2 Å². The number of H-pyrrole nitrogens is 1. The number of anilines is 2. The summed E-state index contributed by atoms with van der Waals surface area (Å²) in [6.07, 6.45) is -1.39. The zero-order valence-corrected chi connectivity index (χ0v) is 12.9. The van der Waals surface area contributed by atoms with Gasteiger partial charge in [0.05, 0.1) is 16.6 Å². The molecular weight excluding hydrogens is 313 g/mol. The number of aromatic amines is 1. The summed E-state index contributed by atoms with van der Waals surface area (Å²) in [5, 5.41) is 4.24. The van der Waals surface area contributed by atoms with Crippen molar-refractivity contribution in [3.8, 4) is 0 Å². The van der Waals surface area contributed by atoms with Crippen LogP contribution in [-0.2, 0) is 19.0 Å². The van der Waals surface area contributed by atoms with Crippen molar-refractivity contribution in [2.45, 2.75) is 25.4 Å². The number of alkyl halides is 3. The zero-order valence-electron chi connectivity index (χ0n) is 12.9. The van der Waals surface area contributed by atoms with Crippen LogP contribution in [0.2, 0.25) is 0 Å². The van der Waals surface area contributed by atoms with Crippen LogP contribution in [-0.4, -0.2) is 0 Å². The number of nitrogens with one attached hydrogen (secondary N) is 2. The molecule has 0 spiro atoms. The van der Waals surface area contributed by atoms with Crippen LogP contribution in [0.25, 0.3) is 10.9 Å². The maximum absolute atomic E-state index is 12.9. The SMILES string of the molecule is FC(F)(F)c1cccc(Nc2c3c([nH+]c4ccccc24)CCC3)c1. The van der Waals surface area contributed by atoms with E-state index >= 15 is 0 Å². The van der Waals surface area contributed by atoms with Crippen molar-refractivity contribution in [1.29, 1.82) is 0 Å². The molecule has 0 aliphatic heterocycles. The van der Waals surface area contributed by atoms with Gasteiger partial charge in [-0.05, 0) is 37.1 Å². The molecule has 122 valence electrons. The second-order valence-electron chi connectivity index (χ2n) is 6.06. The van der Waals surface area contributed by atoms with Crippen molar-refractivity contribution >= 4 is 22.3 Å². The molecule has 1 aromatic heterocycles. The minimum Gasteiger partial charge on any atom is -0.354 e. The molecular formula is C19H16F3N2+. The first-order chi connectivity index (χ1) is 11.5. The summed E-state index contributed by atoms with van der Waals surface area (Å²) in [6.45, 7) is 0. The Bertz CT molecular complexity index is 916. The number of hydrogen-bond donors (Lipinski definition) is 1. The number of hydrogen-bond acceptors (Lipinski definition) is 1. The minimum absolute atomic E-state index is 0.454. The number of rotatable bonds is 2. The van der Waals surface area contributed by atoms with Crippen molar-refractivity contribution in [2.75, 3.05) is 5.32 Å². The predicted molar refractivity (Wildman–Crippen MR) is 87.3 cm³/mol. The van der Waals surface area contributed by atoms with Crippen molar-refractivity contribution < 1.29 is 18.2 Å². The van der Waals surface area contributed by atoms with Crippen molar-refractivity contribution in [3.05, 3.63) is 65.4 Å². The molecule has 1 heterocycles. The lowest BCUT2D eigenvalue weighted by Gasteiger charge is -2.14. The van der Waals surface area contributed by atoms with E-state index in [-0.39, 0.29) is 0 Å². The summed E-state index contributed by atoms with van der Waals surface area (Å²) < 4.78 is 38.8. The van der Waals surface area contributed by atoms with Crippen LogP contribution in [0, 0.1) is 0 Å². The highest BCUT2D eigenvalue weighted by atomic mass is 19.4. The second kappa shape index (κ2) is 5.51. The monoisotopic (exact) mass is 329 g/mol. The molecule has 4 rings (SSSR count). The number of aryl methyl sites for hydroxylation is 1. The van der Waals surface area contributed by atoms with E-state index in [0.29, 0.717) is 5.69 Å². The van der Waals surface area contributed by atoms with Crippen molar-refractivity contribution in [1.82, 2.24) is 0 Å². The van der Waals surface area contributed by atoms with Crippen molar-refractivity contribution in [3.63, 3.8) is 0 Å². The molecule has 24 heavy (non-hydrogen) atoms. The maximum atomic E-state index is 12.9. The van der Waals surface area contributed by atoms with Gasteiger partial charge in [0.25, 0.3) is 0 Å². The summed E-state index contributed by atoms with van der Waals surface area (Å²) in [5.74, 6) is 0. The largest absolute Gasteiger partial charge is 0.416 e. The first-order valence-electron chi connectivity index (χ1n) is 7.92. The van der Waals surface area contributed by atoms with Gasteiger partial charge in [-0.15, -0.1) is 0 Å². The Morgan fingerprint density at radius 3 is 2.62 bits per heavy atom. The quantitative estimate of drug-likeness (QED) is 0.711. The standard InChI is InChI=1S/C19H15F3N2/c20-19(21,22)12-5-3-6-13(11-12)23-18-14-7-1-2-9-16(14)24-17-10-4-8-15(17)18/h1-3,5-7,9,11H,4,8,10H2,(H,23,24)/p+1. The van der Waals surface area contributed by atoms with Gasteiger partial charge in [-0.2, -0.15) is 13.2 Å². The number of halogens is 3. The lowest BCUT2D eigenvalue weighted by atomic mass is 10.1. The van der Waals surface area contributed by atoms with E-state index in [0.717, 1.165) is 48.0 Å². The number of benzene rings is 2. The molecule has 0 atom stereocenters. The molecule has 2 aromatic carbocycles. The fourth-order valence-electron chi connectivity index (χ4n) is 3.35. The summed E-state index contributed by atoms with van der Waals surface area (Å²) >= 11 is 0. The molecule has 0 radical (unpaired) electrons. The van der Waals surface area contributed by atoms with Gasteiger partial charge in [0, 0.05) is 23.7 Å². The number of aromatic nitrogens is 1. The molecule has 0 saturated carbocycles. The molecule has 3 aromatic rings. The first kappa shape index (κ1) is 15.0. The third-order valence-corrected chi connectivity index (χ3v) is 4.46. The maximum Gasteiger partial charge on any atom is 0.416 e. The molecule has 0 unspecified atom stereocenters. The zero-order chi connectivity index (χ0) is 16.7. The van der Waals surface area contributed by atoms with Gasteiger partial charge < -0.3 is 5.32 Å². The molecule has 5 heteroatoms. The molecule has 2 nitrogen and oxygen atoms in total. The van der Waals surface area contributed by atoms with Crippen LogP contribution < -0.4 is 10.3 Å². The predicted octanol–water partition coefficient (Wildman–Crippen LogP) is 4.91. The average Bonchev–Trinajstić information content (AvgIpc) is 3.02. The van der Waals surface area contributed by atoms with E-state index < -0.39 is 11.7 Å². The van der Waals surface area contributed by atoms with Gasteiger partial charge in [-0.1, -0.05) is 18.2 Å². The summed E-state index contributed by atoms with van der Waals surface area (Å²) in [4.78, 5) is 3.45. The molecule has 1 aliphatic rings. The highest BCUT2D eigenvalue weighted by Gasteiger charge is 2.31.